The van der Waals surface area contributed by atoms with Gasteiger partial charge in [-0.15, -0.1) is 0 Å². The predicted octanol–water partition coefficient (Wildman–Crippen LogP) is 2.77. The molecule has 0 saturated carbocycles. The van der Waals surface area contributed by atoms with Crippen molar-refractivity contribution in [2.75, 3.05) is 0 Å². The molecule has 1 aromatic rings. The van der Waals surface area contributed by atoms with Crippen molar-refractivity contribution in [3.63, 3.8) is 0 Å². The van der Waals surface area contributed by atoms with Gasteiger partial charge in [-0.1, -0.05) is 45.0 Å². The molecule has 0 amide bonds. The number of hydrogen-bond donors (Lipinski definition) is 0. The molecule has 1 heteroatoms. The molecule has 0 heterocycles. The highest BCUT2D eigenvalue weighted by molar-refractivity contribution is 5.32. The standard InChI is InChI=1S/C11H16N/c1-11(2,3)10-7-5-4-6-9(10)8-12/h4-7,12H,8H2,1-3H3. The Morgan fingerprint density at radius 2 is 1.75 bits per heavy atom. The van der Waals surface area contributed by atoms with Gasteiger partial charge in [-0.3, -0.25) is 5.73 Å². The van der Waals surface area contributed by atoms with Crippen LogP contribution in [0.25, 0.3) is 0 Å². The summed E-state index contributed by atoms with van der Waals surface area (Å²) in [6.45, 7) is 6.93. The molecule has 1 nitrogen and oxygen atoms in total. The van der Waals surface area contributed by atoms with Gasteiger partial charge in [0.1, 0.15) is 0 Å². The Bertz CT molecular complexity index is 258. The highest BCUT2D eigenvalue weighted by atomic mass is 14.5. The Hall–Kier alpha value is -0.820. The maximum Gasteiger partial charge on any atom is 0.0354 e. The maximum absolute atomic E-state index is 7.36. The van der Waals surface area contributed by atoms with E-state index in [1.807, 2.05) is 18.2 Å². The molecule has 0 fully saturated rings. The topological polar surface area (TPSA) is 23.8 Å². The third-order valence-corrected chi connectivity index (χ3v) is 2.02. The number of hydrogen-bond acceptors (Lipinski definition) is 0. The van der Waals surface area contributed by atoms with E-state index in [9.17, 15) is 0 Å². The first-order valence-corrected chi connectivity index (χ1v) is 4.28. The van der Waals surface area contributed by atoms with Crippen LogP contribution in [-0.4, -0.2) is 0 Å². The molecular formula is C11H16N. The van der Waals surface area contributed by atoms with Crippen LogP contribution >= 0.6 is 0 Å². The zero-order valence-corrected chi connectivity index (χ0v) is 8.02. The van der Waals surface area contributed by atoms with Gasteiger partial charge in [0.15, 0.2) is 0 Å². The minimum atomic E-state index is 0.164. The molecular weight excluding hydrogens is 146 g/mol. The normalized spacial score (nSPS) is 11.7. The molecule has 1 rings (SSSR count). The summed E-state index contributed by atoms with van der Waals surface area (Å²) in [5.41, 5.74) is 9.96. The van der Waals surface area contributed by atoms with E-state index in [4.69, 9.17) is 5.73 Å². The minimum Gasteiger partial charge on any atom is -0.253 e. The van der Waals surface area contributed by atoms with E-state index in [0.29, 0.717) is 6.54 Å². The summed E-state index contributed by atoms with van der Waals surface area (Å²) in [4.78, 5) is 0. The van der Waals surface area contributed by atoms with Crippen molar-refractivity contribution < 1.29 is 0 Å². The van der Waals surface area contributed by atoms with Crippen LogP contribution in [-0.2, 0) is 12.0 Å². The summed E-state index contributed by atoms with van der Waals surface area (Å²) in [6.07, 6.45) is 0. The third-order valence-electron chi connectivity index (χ3n) is 2.02. The Morgan fingerprint density at radius 3 is 2.17 bits per heavy atom. The second-order valence-electron chi connectivity index (χ2n) is 4.08. The van der Waals surface area contributed by atoms with Gasteiger partial charge in [-0.05, 0) is 16.5 Å². The van der Waals surface area contributed by atoms with Gasteiger partial charge in [0, 0.05) is 6.54 Å². The van der Waals surface area contributed by atoms with Crippen LogP contribution in [0, 0.1) is 0 Å². The van der Waals surface area contributed by atoms with Crippen molar-refractivity contribution in [3.05, 3.63) is 35.4 Å². The van der Waals surface area contributed by atoms with E-state index in [-0.39, 0.29) is 5.41 Å². The van der Waals surface area contributed by atoms with Gasteiger partial charge >= 0.3 is 0 Å². The van der Waals surface area contributed by atoms with E-state index in [0.717, 1.165) is 5.56 Å². The highest BCUT2D eigenvalue weighted by Crippen LogP contribution is 2.25. The maximum atomic E-state index is 7.36. The van der Waals surface area contributed by atoms with Gasteiger partial charge in [-0.2, -0.15) is 0 Å². The average Bonchev–Trinajstić information content (AvgIpc) is 2.03. The quantitative estimate of drug-likeness (QED) is 0.606. The molecule has 0 bridgehead atoms. The summed E-state index contributed by atoms with van der Waals surface area (Å²) >= 11 is 0. The van der Waals surface area contributed by atoms with Crippen molar-refractivity contribution in [2.45, 2.75) is 32.7 Å². The van der Waals surface area contributed by atoms with Crippen LogP contribution in [0.15, 0.2) is 24.3 Å². The van der Waals surface area contributed by atoms with Crippen molar-refractivity contribution in [3.8, 4) is 0 Å². The van der Waals surface area contributed by atoms with Gasteiger partial charge < -0.3 is 0 Å². The van der Waals surface area contributed by atoms with Crippen LogP contribution in [0.4, 0.5) is 0 Å². The molecule has 0 atom stereocenters. The Labute approximate surface area is 74.6 Å². The predicted molar refractivity (Wildman–Crippen MR) is 51.9 cm³/mol. The molecule has 0 saturated heterocycles. The first kappa shape index (κ1) is 9.27. The van der Waals surface area contributed by atoms with Crippen molar-refractivity contribution in [2.24, 2.45) is 0 Å². The molecule has 0 aliphatic heterocycles. The second kappa shape index (κ2) is 3.28. The zero-order chi connectivity index (χ0) is 9.19. The fourth-order valence-electron chi connectivity index (χ4n) is 1.41. The van der Waals surface area contributed by atoms with E-state index in [2.05, 4.69) is 26.8 Å². The molecule has 65 valence electrons. The Kier molecular flexibility index (Phi) is 2.53. The van der Waals surface area contributed by atoms with Crippen LogP contribution in [0.1, 0.15) is 31.9 Å². The first-order chi connectivity index (χ1) is 5.55. The van der Waals surface area contributed by atoms with E-state index < -0.39 is 0 Å². The van der Waals surface area contributed by atoms with Gasteiger partial charge in [-0.25, -0.2) is 0 Å². The third kappa shape index (κ3) is 1.86. The highest BCUT2D eigenvalue weighted by Gasteiger charge is 2.15. The molecule has 0 unspecified atom stereocenters. The van der Waals surface area contributed by atoms with Crippen molar-refractivity contribution in [1.29, 1.82) is 0 Å². The fraction of sp³-hybridized carbons (Fsp3) is 0.455. The SMILES string of the molecule is CC(C)(C)c1ccccc1C[NH]. The Balaban J connectivity index is 3.14. The Morgan fingerprint density at radius 1 is 1.17 bits per heavy atom. The molecule has 12 heavy (non-hydrogen) atoms. The van der Waals surface area contributed by atoms with E-state index in [1.165, 1.54) is 5.56 Å². The summed E-state index contributed by atoms with van der Waals surface area (Å²) < 4.78 is 0. The average molecular weight is 162 g/mol. The molecule has 1 radical (unpaired) electrons. The van der Waals surface area contributed by atoms with Gasteiger partial charge in [0.05, 0.1) is 0 Å². The first-order valence-electron chi connectivity index (χ1n) is 4.28. The number of nitrogens with one attached hydrogen (secondary N) is 1. The van der Waals surface area contributed by atoms with E-state index in [1.54, 1.807) is 0 Å². The summed E-state index contributed by atoms with van der Waals surface area (Å²) in [5, 5.41) is 0. The largest absolute Gasteiger partial charge is 0.253 e. The summed E-state index contributed by atoms with van der Waals surface area (Å²) in [5.74, 6) is 0. The van der Waals surface area contributed by atoms with Crippen LogP contribution in [0.3, 0.4) is 0 Å². The molecule has 1 aromatic carbocycles. The second-order valence-corrected chi connectivity index (χ2v) is 4.08. The van der Waals surface area contributed by atoms with Crippen LogP contribution < -0.4 is 5.73 Å². The molecule has 1 N–H and O–H groups in total. The lowest BCUT2D eigenvalue weighted by molar-refractivity contribution is 0.582. The van der Waals surface area contributed by atoms with E-state index >= 15 is 0 Å². The molecule has 0 aliphatic carbocycles. The fourth-order valence-corrected chi connectivity index (χ4v) is 1.41. The van der Waals surface area contributed by atoms with Crippen LogP contribution in [0.2, 0.25) is 0 Å². The number of benzene rings is 1. The van der Waals surface area contributed by atoms with Crippen LogP contribution in [0.5, 0.6) is 0 Å². The van der Waals surface area contributed by atoms with Gasteiger partial charge in [0.2, 0.25) is 0 Å². The van der Waals surface area contributed by atoms with Crippen molar-refractivity contribution in [1.82, 2.24) is 5.73 Å². The monoisotopic (exact) mass is 162 g/mol. The lowest BCUT2D eigenvalue weighted by atomic mass is 9.84. The van der Waals surface area contributed by atoms with Crippen molar-refractivity contribution >= 4 is 0 Å². The smallest absolute Gasteiger partial charge is 0.0354 e. The summed E-state index contributed by atoms with van der Waals surface area (Å²) in [7, 11) is 0. The lowest BCUT2D eigenvalue weighted by Crippen LogP contribution is -2.14. The molecule has 0 aliphatic rings. The molecule has 0 aromatic heterocycles. The zero-order valence-electron chi connectivity index (χ0n) is 8.02. The minimum absolute atomic E-state index is 0.164. The van der Waals surface area contributed by atoms with Gasteiger partial charge in [0.25, 0.3) is 0 Å². The summed E-state index contributed by atoms with van der Waals surface area (Å²) in [6, 6.07) is 8.19. The molecule has 0 spiro atoms. The number of rotatable bonds is 1. The lowest BCUT2D eigenvalue weighted by Gasteiger charge is -2.21.